The van der Waals surface area contributed by atoms with Crippen molar-refractivity contribution in [2.24, 2.45) is 0 Å². The zero-order valence-electron chi connectivity index (χ0n) is 5.09. The fraction of sp³-hybridized carbons (Fsp3) is 1.00. The lowest BCUT2D eigenvalue weighted by atomic mass is 10.1. The predicted octanol–water partition coefficient (Wildman–Crippen LogP) is -0.00510. The fourth-order valence-corrected chi connectivity index (χ4v) is 0.274. The zero-order valence-corrected chi connectivity index (χ0v) is 6.25. The zero-order chi connectivity index (χ0) is 6.62. The Kier molecular flexibility index (Phi) is 3.54. The Bertz CT molecular complexity index is 53.2. The minimum absolute atomic E-state index is 0.0324. The summed E-state index contributed by atoms with van der Waals surface area (Å²) < 4.78 is 0. The van der Waals surface area contributed by atoms with Gasteiger partial charge in [-0.05, 0) is 6.42 Å². The van der Waals surface area contributed by atoms with E-state index in [4.69, 9.17) is 10.2 Å². The molecule has 50 valence electrons. The number of hydrogen-bond donors (Lipinski definition) is 2. The summed E-state index contributed by atoms with van der Waals surface area (Å²) >= 11 is 0. The molecular formula is C5H13O2P. The number of aliphatic hydroxyl groups excluding tert-OH is 2. The third-order valence-electron chi connectivity index (χ3n) is 1.33. The Hall–Kier alpha value is 0.350. The van der Waals surface area contributed by atoms with Gasteiger partial charge in [-0.3, -0.25) is 0 Å². The summed E-state index contributed by atoms with van der Waals surface area (Å²) in [5, 5.41) is 16.9. The van der Waals surface area contributed by atoms with Gasteiger partial charge in [0.15, 0.2) is 0 Å². The van der Waals surface area contributed by atoms with Gasteiger partial charge in [0.05, 0.1) is 13.2 Å². The number of hydrogen-bond acceptors (Lipinski definition) is 2. The van der Waals surface area contributed by atoms with Crippen LogP contribution < -0.4 is 0 Å². The molecule has 0 saturated heterocycles. The molecule has 0 fully saturated rings. The molecule has 0 aliphatic carbocycles. The van der Waals surface area contributed by atoms with Crippen LogP contribution in [-0.4, -0.2) is 28.6 Å². The van der Waals surface area contributed by atoms with Gasteiger partial charge in [0.2, 0.25) is 0 Å². The first-order chi connectivity index (χ1) is 3.68. The van der Waals surface area contributed by atoms with Gasteiger partial charge in [-0.25, -0.2) is 0 Å². The van der Waals surface area contributed by atoms with Gasteiger partial charge in [-0.1, -0.05) is 6.92 Å². The van der Waals surface area contributed by atoms with Crippen molar-refractivity contribution < 1.29 is 10.2 Å². The molecule has 8 heavy (non-hydrogen) atoms. The second kappa shape index (κ2) is 3.39. The van der Waals surface area contributed by atoms with Crippen LogP contribution in [0.25, 0.3) is 0 Å². The normalized spacial score (nSPS) is 12.0. The van der Waals surface area contributed by atoms with Crippen LogP contribution >= 0.6 is 9.24 Å². The largest absolute Gasteiger partial charge is 0.395 e. The van der Waals surface area contributed by atoms with Crippen molar-refractivity contribution in [2.45, 2.75) is 18.5 Å². The molecule has 0 aromatic heterocycles. The highest BCUT2D eigenvalue weighted by molar-refractivity contribution is 7.19. The molecule has 0 aromatic rings. The first-order valence-electron chi connectivity index (χ1n) is 2.69. The fourth-order valence-electron chi connectivity index (χ4n) is 0.274. The third-order valence-corrected chi connectivity index (χ3v) is 2.11. The van der Waals surface area contributed by atoms with E-state index in [0.717, 1.165) is 6.42 Å². The summed E-state index contributed by atoms with van der Waals surface area (Å²) in [6.45, 7) is 1.99. The Morgan fingerprint density at radius 1 is 1.38 bits per heavy atom. The van der Waals surface area contributed by atoms with Crippen molar-refractivity contribution in [3.05, 3.63) is 0 Å². The van der Waals surface area contributed by atoms with Gasteiger partial charge in [-0.15, -0.1) is 9.24 Å². The molecule has 0 radical (unpaired) electrons. The molecule has 0 aliphatic heterocycles. The van der Waals surface area contributed by atoms with E-state index in [2.05, 4.69) is 9.24 Å². The van der Waals surface area contributed by atoms with Crippen LogP contribution in [0.4, 0.5) is 0 Å². The second-order valence-corrected chi connectivity index (χ2v) is 3.26. The van der Waals surface area contributed by atoms with Crippen molar-refractivity contribution in [1.82, 2.24) is 0 Å². The molecule has 0 bridgehead atoms. The Morgan fingerprint density at radius 3 is 1.75 bits per heavy atom. The lowest BCUT2D eigenvalue weighted by Crippen LogP contribution is -2.28. The summed E-state index contributed by atoms with van der Waals surface area (Å²) in [7, 11) is 2.44. The maximum Gasteiger partial charge on any atom is 0.0543 e. The molecule has 0 saturated carbocycles. The average Bonchev–Trinajstić information content (AvgIpc) is 1.87. The number of rotatable bonds is 3. The first-order valence-corrected chi connectivity index (χ1v) is 3.27. The summed E-state index contributed by atoms with van der Waals surface area (Å²) in [6, 6.07) is 0. The molecule has 2 N–H and O–H groups in total. The highest BCUT2D eigenvalue weighted by atomic mass is 31.0. The van der Waals surface area contributed by atoms with Crippen molar-refractivity contribution in [1.29, 1.82) is 0 Å². The summed E-state index contributed by atoms with van der Waals surface area (Å²) in [4.78, 5) is 0. The molecule has 1 atom stereocenters. The van der Waals surface area contributed by atoms with Crippen molar-refractivity contribution >= 4 is 9.24 Å². The lowest BCUT2D eigenvalue weighted by molar-refractivity contribution is 0.169. The molecule has 0 spiro atoms. The van der Waals surface area contributed by atoms with Crippen LogP contribution in [0.15, 0.2) is 0 Å². The molecule has 2 nitrogen and oxygen atoms in total. The van der Waals surface area contributed by atoms with Crippen LogP contribution in [-0.2, 0) is 0 Å². The van der Waals surface area contributed by atoms with Crippen LogP contribution in [0.2, 0.25) is 0 Å². The van der Waals surface area contributed by atoms with Crippen molar-refractivity contribution in [3.8, 4) is 0 Å². The molecule has 0 amide bonds. The highest BCUT2D eigenvalue weighted by Crippen LogP contribution is 2.19. The maximum atomic E-state index is 8.60. The van der Waals surface area contributed by atoms with Gasteiger partial charge in [0.25, 0.3) is 0 Å². The van der Waals surface area contributed by atoms with E-state index in [1.54, 1.807) is 0 Å². The number of aliphatic hydroxyl groups is 2. The van der Waals surface area contributed by atoms with Gasteiger partial charge < -0.3 is 10.2 Å². The molecule has 0 heterocycles. The Morgan fingerprint density at radius 2 is 1.75 bits per heavy atom. The Labute approximate surface area is 52.1 Å². The molecule has 0 aliphatic rings. The Balaban J connectivity index is 3.58. The molecular weight excluding hydrogens is 123 g/mol. The summed E-state index contributed by atoms with van der Waals surface area (Å²) in [6.07, 6.45) is 0.782. The minimum Gasteiger partial charge on any atom is -0.395 e. The highest BCUT2D eigenvalue weighted by Gasteiger charge is 2.18. The first kappa shape index (κ1) is 8.35. The second-order valence-electron chi connectivity index (χ2n) is 2.03. The van der Waals surface area contributed by atoms with Gasteiger partial charge in [0.1, 0.15) is 0 Å². The SMILES string of the molecule is CCC(P)(CO)CO. The van der Waals surface area contributed by atoms with Gasteiger partial charge in [-0.2, -0.15) is 0 Å². The smallest absolute Gasteiger partial charge is 0.0543 e. The standard InChI is InChI=1S/C5H13O2P/c1-2-5(8,3-6)4-7/h6-7H,2-4,8H2,1H3. The average molecular weight is 136 g/mol. The minimum atomic E-state index is -0.347. The third kappa shape index (κ3) is 2.08. The van der Waals surface area contributed by atoms with E-state index in [9.17, 15) is 0 Å². The van der Waals surface area contributed by atoms with Crippen LogP contribution in [0.1, 0.15) is 13.3 Å². The van der Waals surface area contributed by atoms with Crippen LogP contribution in [0, 0.1) is 0 Å². The van der Waals surface area contributed by atoms with Gasteiger partial charge in [0, 0.05) is 5.16 Å². The predicted molar refractivity (Wildman–Crippen MR) is 36.9 cm³/mol. The summed E-state index contributed by atoms with van der Waals surface area (Å²) in [5.41, 5.74) is 0. The van der Waals surface area contributed by atoms with E-state index in [1.165, 1.54) is 0 Å². The quantitative estimate of drug-likeness (QED) is 0.536. The van der Waals surface area contributed by atoms with E-state index in [0.29, 0.717) is 0 Å². The molecule has 0 aromatic carbocycles. The van der Waals surface area contributed by atoms with Crippen LogP contribution in [0.3, 0.4) is 0 Å². The van der Waals surface area contributed by atoms with Crippen LogP contribution in [0.5, 0.6) is 0 Å². The molecule has 1 unspecified atom stereocenters. The van der Waals surface area contributed by atoms with E-state index in [1.807, 2.05) is 6.92 Å². The van der Waals surface area contributed by atoms with E-state index in [-0.39, 0.29) is 18.4 Å². The maximum absolute atomic E-state index is 8.60. The van der Waals surface area contributed by atoms with Gasteiger partial charge >= 0.3 is 0 Å². The lowest BCUT2D eigenvalue weighted by Gasteiger charge is -2.21. The van der Waals surface area contributed by atoms with Crippen molar-refractivity contribution in [3.63, 3.8) is 0 Å². The van der Waals surface area contributed by atoms with E-state index < -0.39 is 0 Å². The molecule has 3 heteroatoms. The van der Waals surface area contributed by atoms with E-state index >= 15 is 0 Å². The topological polar surface area (TPSA) is 40.5 Å². The molecule has 0 rings (SSSR count). The monoisotopic (exact) mass is 136 g/mol. The summed E-state index contributed by atoms with van der Waals surface area (Å²) in [5.74, 6) is 0. The van der Waals surface area contributed by atoms with Crippen molar-refractivity contribution in [2.75, 3.05) is 13.2 Å².